The minimum atomic E-state index is -0.438. The van der Waals surface area contributed by atoms with Crippen LogP contribution >= 0.6 is 0 Å². The van der Waals surface area contributed by atoms with E-state index in [-0.39, 0.29) is 6.09 Å². The maximum Gasteiger partial charge on any atom is 0.407 e. The zero-order chi connectivity index (χ0) is 15.7. The highest BCUT2D eigenvalue weighted by Crippen LogP contribution is 2.27. The molecule has 21 heavy (non-hydrogen) atoms. The molecule has 4 heteroatoms. The quantitative estimate of drug-likeness (QED) is 0.583. The third kappa shape index (κ3) is 9.51. The smallest absolute Gasteiger partial charge is 0.407 e. The Morgan fingerprint density at radius 3 is 2.38 bits per heavy atom. The molecule has 0 spiro atoms. The summed E-state index contributed by atoms with van der Waals surface area (Å²) >= 11 is 0. The zero-order valence-electron chi connectivity index (χ0n) is 14.1. The van der Waals surface area contributed by atoms with Gasteiger partial charge in [0, 0.05) is 13.1 Å². The van der Waals surface area contributed by atoms with Gasteiger partial charge in [-0.3, -0.25) is 0 Å². The normalized spacial score (nSPS) is 23.2. The molecule has 0 saturated heterocycles. The van der Waals surface area contributed by atoms with Gasteiger partial charge in [-0.1, -0.05) is 31.9 Å². The maximum absolute atomic E-state index is 11.4. The van der Waals surface area contributed by atoms with Crippen molar-refractivity contribution in [2.24, 2.45) is 11.8 Å². The van der Waals surface area contributed by atoms with Crippen molar-refractivity contribution >= 4 is 6.09 Å². The van der Waals surface area contributed by atoms with Crippen LogP contribution < -0.4 is 10.6 Å². The first-order valence-corrected chi connectivity index (χ1v) is 8.19. The fourth-order valence-electron chi connectivity index (χ4n) is 2.53. The van der Waals surface area contributed by atoms with Crippen molar-refractivity contribution in [3.63, 3.8) is 0 Å². The van der Waals surface area contributed by atoms with Gasteiger partial charge in [0.1, 0.15) is 5.60 Å². The molecule has 0 unspecified atom stereocenters. The van der Waals surface area contributed by atoms with Gasteiger partial charge in [0.05, 0.1) is 0 Å². The molecule has 1 amide bonds. The highest BCUT2D eigenvalue weighted by Gasteiger charge is 2.17. The van der Waals surface area contributed by atoms with E-state index < -0.39 is 5.60 Å². The van der Waals surface area contributed by atoms with Crippen molar-refractivity contribution in [2.75, 3.05) is 19.6 Å². The van der Waals surface area contributed by atoms with E-state index in [9.17, 15) is 4.79 Å². The van der Waals surface area contributed by atoms with Crippen molar-refractivity contribution in [3.05, 3.63) is 12.2 Å². The van der Waals surface area contributed by atoms with Gasteiger partial charge in [-0.2, -0.15) is 0 Å². The average Bonchev–Trinajstić information content (AvgIpc) is 2.37. The Labute approximate surface area is 129 Å². The van der Waals surface area contributed by atoms with E-state index >= 15 is 0 Å². The second-order valence-electron chi connectivity index (χ2n) is 7.14. The third-order valence-electron chi connectivity index (χ3n) is 3.76. The first kappa shape index (κ1) is 18.0. The molecular formula is C17H32N2O2. The Balaban J connectivity index is 1.99. The summed E-state index contributed by atoms with van der Waals surface area (Å²) in [5.41, 5.74) is -0.438. The molecule has 0 aromatic rings. The summed E-state index contributed by atoms with van der Waals surface area (Å²) in [5.74, 6) is 1.76. The van der Waals surface area contributed by atoms with Crippen molar-refractivity contribution in [1.29, 1.82) is 0 Å². The largest absolute Gasteiger partial charge is 0.444 e. The Morgan fingerprint density at radius 1 is 1.14 bits per heavy atom. The van der Waals surface area contributed by atoms with Crippen LogP contribution in [-0.4, -0.2) is 31.3 Å². The number of carbonyl (C=O) groups is 1. The Kier molecular flexibility index (Phi) is 7.79. The number of hydrogen-bond donors (Lipinski definition) is 2. The second kappa shape index (κ2) is 9.08. The monoisotopic (exact) mass is 296 g/mol. The van der Waals surface area contributed by atoms with Crippen LogP contribution in [0.4, 0.5) is 4.79 Å². The van der Waals surface area contributed by atoms with Crippen LogP contribution in [0.5, 0.6) is 0 Å². The summed E-state index contributed by atoms with van der Waals surface area (Å²) in [6.07, 6.45) is 9.12. The van der Waals surface area contributed by atoms with Crippen LogP contribution in [0.1, 0.15) is 53.4 Å². The molecule has 0 radical (unpaired) electrons. The van der Waals surface area contributed by atoms with Gasteiger partial charge in [-0.05, 0) is 52.0 Å². The fourth-order valence-corrected chi connectivity index (χ4v) is 2.53. The van der Waals surface area contributed by atoms with Crippen LogP contribution in [0.15, 0.2) is 12.2 Å². The molecule has 0 aromatic carbocycles. The topological polar surface area (TPSA) is 50.4 Å². The van der Waals surface area contributed by atoms with E-state index in [2.05, 4.69) is 23.6 Å². The lowest BCUT2D eigenvalue weighted by molar-refractivity contribution is 0.0534. The molecule has 0 aromatic heterocycles. The standard InChI is InChI=1S/C17H32N2O2/c1-14-7-9-15(10-8-14)13-18-11-5-6-12-19-16(20)21-17(2,3)4/h5-6,14-15,18H,7-13H2,1-4H3,(H,19,20)/b6-5+. The summed E-state index contributed by atoms with van der Waals surface area (Å²) in [6, 6.07) is 0. The van der Waals surface area contributed by atoms with Crippen LogP contribution in [0, 0.1) is 11.8 Å². The first-order valence-electron chi connectivity index (χ1n) is 8.19. The summed E-state index contributed by atoms with van der Waals surface area (Å²) in [6.45, 7) is 10.4. The first-order chi connectivity index (χ1) is 9.87. The number of nitrogens with one attached hydrogen (secondary N) is 2. The lowest BCUT2D eigenvalue weighted by Gasteiger charge is -2.26. The predicted octanol–water partition coefficient (Wildman–Crippen LogP) is 3.48. The van der Waals surface area contributed by atoms with E-state index in [0.717, 1.165) is 24.9 Å². The summed E-state index contributed by atoms with van der Waals surface area (Å²) in [4.78, 5) is 11.4. The summed E-state index contributed by atoms with van der Waals surface area (Å²) < 4.78 is 5.15. The molecule has 2 N–H and O–H groups in total. The molecule has 0 heterocycles. The van der Waals surface area contributed by atoms with Crippen LogP contribution in [0.25, 0.3) is 0 Å². The van der Waals surface area contributed by atoms with Crippen LogP contribution in [0.3, 0.4) is 0 Å². The molecule has 1 rings (SSSR count). The van der Waals surface area contributed by atoms with E-state index in [1.807, 2.05) is 26.8 Å². The molecule has 1 saturated carbocycles. The highest BCUT2D eigenvalue weighted by atomic mass is 16.6. The van der Waals surface area contributed by atoms with E-state index in [1.54, 1.807) is 0 Å². The molecular weight excluding hydrogens is 264 g/mol. The molecule has 0 aliphatic heterocycles. The molecule has 122 valence electrons. The van der Waals surface area contributed by atoms with Crippen molar-refractivity contribution in [1.82, 2.24) is 10.6 Å². The number of carbonyl (C=O) groups excluding carboxylic acids is 1. The molecule has 0 atom stereocenters. The van der Waals surface area contributed by atoms with E-state index in [1.165, 1.54) is 25.7 Å². The van der Waals surface area contributed by atoms with Crippen LogP contribution in [-0.2, 0) is 4.74 Å². The van der Waals surface area contributed by atoms with E-state index in [4.69, 9.17) is 4.74 Å². The van der Waals surface area contributed by atoms with Gasteiger partial charge in [0.2, 0.25) is 0 Å². The summed E-state index contributed by atoms with van der Waals surface area (Å²) in [5, 5.41) is 6.17. The predicted molar refractivity (Wildman–Crippen MR) is 87.4 cm³/mol. The minimum absolute atomic E-state index is 0.364. The van der Waals surface area contributed by atoms with Gasteiger partial charge in [-0.15, -0.1) is 0 Å². The number of alkyl carbamates (subject to hydrolysis) is 1. The minimum Gasteiger partial charge on any atom is -0.444 e. The van der Waals surface area contributed by atoms with Gasteiger partial charge in [0.15, 0.2) is 0 Å². The van der Waals surface area contributed by atoms with Crippen molar-refractivity contribution in [3.8, 4) is 0 Å². The molecule has 1 aliphatic rings. The molecule has 4 nitrogen and oxygen atoms in total. The summed E-state index contributed by atoms with van der Waals surface area (Å²) in [7, 11) is 0. The zero-order valence-corrected chi connectivity index (χ0v) is 14.1. The fraction of sp³-hybridized carbons (Fsp3) is 0.824. The Hall–Kier alpha value is -1.03. The van der Waals surface area contributed by atoms with Gasteiger partial charge in [-0.25, -0.2) is 4.79 Å². The van der Waals surface area contributed by atoms with Crippen LogP contribution in [0.2, 0.25) is 0 Å². The lowest BCUT2D eigenvalue weighted by Crippen LogP contribution is -2.32. The lowest BCUT2D eigenvalue weighted by atomic mass is 9.83. The van der Waals surface area contributed by atoms with E-state index in [0.29, 0.717) is 6.54 Å². The molecule has 1 aliphatic carbocycles. The Morgan fingerprint density at radius 2 is 1.76 bits per heavy atom. The number of amides is 1. The number of ether oxygens (including phenoxy) is 1. The second-order valence-corrected chi connectivity index (χ2v) is 7.14. The SMILES string of the molecule is CC1CCC(CNC/C=C/CNC(=O)OC(C)(C)C)CC1. The number of hydrogen-bond acceptors (Lipinski definition) is 3. The highest BCUT2D eigenvalue weighted by molar-refractivity contribution is 5.67. The van der Waals surface area contributed by atoms with Gasteiger partial charge >= 0.3 is 6.09 Å². The van der Waals surface area contributed by atoms with Crippen molar-refractivity contribution in [2.45, 2.75) is 59.0 Å². The molecule has 0 bridgehead atoms. The molecule has 1 fully saturated rings. The number of rotatable bonds is 6. The maximum atomic E-state index is 11.4. The Bertz CT molecular complexity index is 326. The third-order valence-corrected chi connectivity index (χ3v) is 3.76. The van der Waals surface area contributed by atoms with Gasteiger partial charge in [0.25, 0.3) is 0 Å². The average molecular weight is 296 g/mol. The van der Waals surface area contributed by atoms with Gasteiger partial charge < -0.3 is 15.4 Å². The van der Waals surface area contributed by atoms with Crippen molar-refractivity contribution < 1.29 is 9.53 Å².